The largest absolute Gasteiger partial charge is 0.357 e. The van der Waals surface area contributed by atoms with Gasteiger partial charge in [0.15, 0.2) is 5.96 Å². The predicted octanol–water partition coefficient (Wildman–Crippen LogP) is 2.07. The summed E-state index contributed by atoms with van der Waals surface area (Å²) in [6.45, 7) is 6.05. The van der Waals surface area contributed by atoms with E-state index < -0.39 is 0 Å². The summed E-state index contributed by atoms with van der Waals surface area (Å²) in [7, 11) is 0. The van der Waals surface area contributed by atoms with Gasteiger partial charge in [0.1, 0.15) is 12.4 Å². The van der Waals surface area contributed by atoms with E-state index in [9.17, 15) is 9.18 Å². The smallest absolute Gasteiger partial charge is 0.241 e. The lowest BCUT2D eigenvalue weighted by Gasteiger charge is -2.11. The van der Waals surface area contributed by atoms with Crippen LogP contribution in [-0.4, -0.2) is 38.0 Å². The summed E-state index contributed by atoms with van der Waals surface area (Å²) >= 11 is 0. The molecular formula is C16H26FIN4O. The summed E-state index contributed by atoms with van der Waals surface area (Å²) in [4.78, 5) is 15.8. The minimum Gasteiger partial charge on any atom is -0.357 e. The quantitative estimate of drug-likeness (QED) is 0.332. The Morgan fingerprint density at radius 3 is 2.61 bits per heavy atom. The van der Waals surface area contributed by atoms with Crippen LogP contribution in [0.1, 0.15) is 25.8 Å². The SMILES string of the molecule is CCCNC(=O)CN=C(NCC)NCCc1cccc(F)c1.I. The second-order valence-electron chi connectivity index (χ2n) is 4.85. The summed E-state index contributed by atoms with van der Waals surface area (Å²) in [5.41, 5.74) is 0.920. The maximum atomic E-state index is 13.1. The Balaban J connectivity index is 0.00000484. The van der Waals surface area contributed by atoms with Crippen LogP contribution in [0.4, 0.5) is 4.39 Å². The predicted molar refractivity (Wildman–Crippen MR) is 103 cm³/mol. The molecule has 0 fully saturated rings. The fourth-order valence-electron chi connectivity index (χ4n) is 1.83. The summed E-state index contributed by atoms with van der Waals surface area (Å²) in [6.07, 6.45) is 1.59. The first-order valence-electron chi connectivity index (χ1n) is 7.69. The van der Waals surface area contributed by atoms with Crippen LogP contribution in [-0.2, 0) is 11.2 Å². The van der Waals surface area contributed by atoms with Gasteiger partial charge in [-0.15, -0.1) is 24.0 Å². The monoisotopic (exact) mass is 436 g/mol. The van der Waals surface area contributed by atoms with Gasteiger partial charge >= 0.3 is 0 Å². The minimum absolute atomic E-state index is 0. The number of hydrogen-bond acceptors (Lipinski definition) is 2. The van der Waals surface area contributed by atoms with Crippen LogP contribution in [0.5, 0.6) is 0 Å². The molecule has 1 amide bonds. The van der Waals surface area contributed by atoms with Crippen molar-refractivity contribution < 1.29 is 9.18 Å². The standard InChI is InChI=1S/C16H25FN4O.HI/c1-3-9-19-15(22)12-21-16(18-4-2)20-10-8-13-6-5-7-14(17)11-13;/h5-7,11H,3-4,8-10,12H2,1-2H3,(H,19,22)(H2,18,20,21);1H. The summed E-state index contributed by atoms with van der Waals surface area (Å²) in [5, 5.41) is 8.99. The van der Waals surface area contributed by atoms with E-state index in [4.69, 9.17) is 0 Å². The second kappa shape index (κ2) is 13.1. The number of amides is 1. The molecular weight excluding hydrogens is 410 g/mol. The van der Waals surface area contributed by atoms with Gasteiger partial charge in [0.25, 0.3) is 0 Å². The van der Waals surface area contributed by atoms with Crippen LogP contribution in [0.25, 0.3) is 0 Å². The molecule has 0 saturated heterocycles. The van der Waals surface area contributed by atoms with Crippen LogP contribution in [0.15, 0.2) is 29.3 Å². The lowest BCUT2D eigenvalue weighted by molar-refractivity contribution is -0.119. The van der Waals surface area contributed by atoms with Crippen molar-refractivity contribution in [3.63, 3.8) is 0 Å². The number of nitrogens with zero attached hydrogens (tertiary/aromatic N) is 1. The van der Waals surface area contributed by atoms with Crippen LogP contribution in [0.3, 0.4) is 0 Å². The van der Waals surface area contributed by atoms with Crippen molar-refractivity contribution in [2.45, 2.75) is 26.7 Å². The van der Waals surface area contributed by atoms with Gasteiger partial charge in [0, 0.05) is 19.6 Å². The van der Waals surface area contributed by atoms with E-state index in [2.05, 4.69) is 20.9 Å². The third-order valence-corrected chi connectivity index (χ3v) is 2.89. The van der Waals surface area contributed by atoms with Gasteiger partial charge in [-0.3, -0.25) is 4.79 Å². The molecule has 1 aromatic carbocycles. The van der Waals surface area contributed by atoms with E-state index in [1.807, 2.05) is 19.9 Å². The number of carbonyl (C=O) groups is 1. The maximum absolute atomic E-state index is 13.1. The Labute approximate surface area is 154 Å². The van der Waals surface area contributed by atoms with Gasteiger partial charge in [-0.05, 0) is 37.5 Å². The van der Waals surface area contributed by atoms with Crippen molar-refractivity contribution >= 4 is 35.8 Å². The highest BCUT2D eigenvalue weighted by Gasteiger charge is 2.02. The lowest BCUT2D eigenvalue weighted by atomic mass is 10.1. The molecule has 0 unspecified atom stereocenters. The number of guanidine groups is 1. The van der Waals surface area contributed by atoms with Crippen LogP contribution >= 0.6 is 24.0 Å². The Morgan fingerprint density at radius 1 is 1.17 bits per heavy atom. The molecule has 0 aliphatic heterocycles. The fraction of sp³-hybridized carbons (Fsp3) is 0.500. The van der Waals surface area contributed by atoms with Crippen molar-refractivity contribution in [2.24, 2.45) is 4.99 Å². The van der Waals surface area contributed by atoms with Crippen LogP contribution < -0.4 is 16.0 Å². The third kappa shape index (κ3) is 10.1. The highest BCUT2D eigenvalue weighted by atomic mass is 127. The van der Waals surface area contributed by atoms with Crippen LogP contribution in [0.2, 0.25) is 0 Å². The molecule has 3 N–H and O–H groups in total. The zero-order valence-corrected chi connectivity index (χ0v) is 16.0. The number of nitrogens with one attached hydrogen (secondary N) is 3. The molecule has 0 atom stereocenters. The number of hydrogen-bond donors (Lipinski definition) is 3. The van der Waals surface area contributed by atoms with Gasteiger partial charge in [-0.2, -0.15) is 0 Å². The lowest BCUT2D eigenvalue weighted by Crippen LogP contribution is -2.39. The average molecular weight is 436 g/mol. The Bertz CT molecular complexity index is 497. The van der Waals surface area contributed by atoms with E-state index in [0.717, 1.165) is 12.0 Å². The summed E-state index contributed by atoms with van der Waals surface area (Å²) < 4.78 is 13.1. The summed E-state index contributed by atoms with van der Waals surface area (Å²) in [6, 6.07) is 6.52. The topological polar surface area (TPSA) is 65.5 Å². The number of benzene rings is 1. The maximum Gasteiger partial charge on any atom is 0.241 e. The molecule has 1 aromatic rings. The molecule has 0 saturated carbocycles. The van der Waals surface area contributed by atoms with Gasteiger partial charge in [-0.1, -0.05) is 19.1 Å². The number of aliphatic imine (C=N–C) groups is 1. The molecule has 0 aliphatic rings. The van der Waals surface area contributed by atoms with Crippen molar-refractivity contribution in [3.8, 4) is 0 Å². The second-order valence-corrected chi connectivity index (χ2v) is 4.85. The first kappa shape index (κ1) is 21.6. The van der Waals surface area contributed by atoms with Gasteiger partial charge in [0.05, 0.1) is 0 Å². The molecule has 1 rings (SSSR count). The van der Waals surface area contributed by atoms with Crippen LogP contribution in [0, 0.1) is 5.82 Å². The van der Waals surface area contributed by atoms with E-state index in [0.29, 0.717) is 32.0 Å². The number of rotatable bonds is 8. The van der Waals surface area contributed by atoms with Crippen molar-refractivity contribution in [1.82, 2.24) is 16.0 Å². The Kier molecular flexibility index (Phi) is 12.3. The minimum atomic E-state index is -0.231. The zero-order chi connectivity index (χ0) is 16.2. The Hall–Kier alpha value is -1.38. The molecule has 0 radical (unpaired) electrons. The molecule has 23 heavy (non-hydrogen) atoms. The van der Waals surface area contributed by atoms with E-state index in [-0.39, 0.29) is 42.2 Å². The average Bonchev–Trinajstić information content (AvgIpc) is 2.50. The fourth-order valence-corrected chi connectivity index (χ4v) is 1.83. The normalized spacial score (nSPS) is 10.7. The number of halogens is 2. The van der Waals surface area contributed by atoms with E-state index >= 15 is 0 Å². The van der Waals surface area contributed by atoms with Crippen molar-refractivity contribution in [3.05, 3.63) is 35.6 Å². The molecule has 0 bridgehead atoms. The van der Waals surface area contributed by atoms with Gasteiger partial charge in [-0.25, -0.2) is 9.38 Å². The third-order valence-electron chi connectivity index (χ3n) is 2.89. The molecule has 130 valence electrons. The first-order chi connectivity index (χ1) is 10.7. The molecule has 7 heteroatoms. The molecule has 0 aromatic heterocycles. The molecule has 0 heterocycles. The van der Waals surface area contributed by atoms with Gasteiger partial charge < -0.3 is 16.0 Å². The summed E-state index contributed by atoms with van der Waals surface area (Å²) in [5.74, 6) is 0.264. The highest BCUT2D eigenvalue weighted by molar-refractivity contribution is 14.0. The van der Waals surface area contributed by atoms with E-state index in [1.165, 1.54) is 12.1 Å². The van der Waals surface area contributed by atoms with Gasteiger partial charge in [0.2, 0.25) is 5.91 Å². The van der Waals surface area contributed by atoms with Crippen molar-refractivity contribution in [2.75, 3.05) is 26.2 Å². The van der Waals surface area contributed by atoms with E-state index in [1.54, 1.807) is 6.07 Å². The molecule has 5 nitrogen and oxygen atoms in total. The zero-order valence-electron chi connectivity index (χ0n) is 13.7. The number of carbonyl (C=O) groups excluding carboxylic acids is 1. The first-order valence-corrected chi connectivity index (χ1v) is 7.69. The van der Waals surface area contributed by atoms with Crippen molar-refractivity contribution in [1.29, 1.82) is 0 Å². The molecule has 0 spiro atoms. The molecule has 0 aliphatic carbocycles. The Morgan fingerprint density at radius 2 is 1.96 bits per heavy atom. The highest BCUT2D eigenvalue weighted by Crippen LogP contribution is 2.03.